The van der Waals surface area contributed by atoms with Gasteiger partial charge in [-0.3, -0.25) is 28.7 Å². The van der Waals surface area contributed by atoms with Crippen LogP contribution in [0.4, 0.5) is 5.69 Å². The fourth-order valence-electron chi connectivity index (χ4n) is 5.25. The van der Waals surface area contributed by atoms with E-state index in [1.165, 1.54) is 24.3 Å². The van der Waals surface area contributed by atoms with Crippen LogP contribution in [0.5, 0.6) is 0 Å². The molecule has 0 saturated carbocycles. The third kappa shape index (κ3) is 15.5. The lowest BCUT2D eigenvalue weighted by Gasteiger charge is -2.25. The molecule has 0 bridgehead atoms. The lowest BCUT2D eigenvalue weighted by Crippen LogP contribution is -2.57. The van der Waals surface area contributed by atoms with Gasteiger partial charge in [0.05, 0.1) is 18.8 Å². The Labute approximate surface area is 310 Å². The van der Waals surface area contributed by atoms with E-state index in [0.29, 0.717) is 12.2 Å². The summed E-state index contributed by atoms with van der Waals surface area (Å²) in [4.78, 5) is 65.3. The van der Waals surface area contributed by atoms with Crippen LogP contribution in [0.2, 0.25) is 0 Å². The molecule has 3 aromatic carbocycles. The number of amides is 4. The summed E-state index contributed by atoms with van der Waals surface area (Å²) >= 11 is 0. The topological polar surface area (TPSA) is 209 Å². The van der Waals surface area contributed by atoms with Gasteiger partial charge < -0.3 is 31.1 Å². The Balaban J connectivity index is 1.71. The number of carbonyl (C=O) groups is 5. The number of anilines is 1. The molecule has 14 nitrogen and oxygen atoms in total. The van der Waals surface area contributed by atoms with Gasteiger partial charge in [-0.25, -0.2) is 8.42 Å². The first-order valence-electron chi connectivity index (χ1n) is 17.4. The summed E-state index contributed by atoms with van der Waals surface area (Å²) in [5.74, 6) is -4.55. The van der Waals surface area contributed by atoms with E-state index >= 15 is 0 Å². The molecular weight excluding hydrogens is 703 g/mol. The molecule has 0 aliphatic carbocycles. The number of hydrogen-bond donors (Lipinski definition) is 6. The molecule has 0 fully saturated rings. The molecule has 0 spiro atoms. The summed E-state index contributed by atoms with van der Waals surface area (Å²) < 4.78 is 33.2. The summed E-state index contributed by atoms with van der Waals surface area (Å²) in [5, 5.41) is 20.1. The number of benzene rings is 3. The van der Waals surface area contributed by atoms with E-state index in [1.807, 2.05) is 20.8 Å². The molecule has 15 heteroatoms. The minimum absolute atomic E-state index is 0.0977. The molecule has 3 atom stereocenters. The minimum atomic E-state index is -3.73. The zero-order valence-corrected chi connectivity index (χ0v) is 31.0. The SMILES string of the molecule is CCCOCCNC(=O)[C@H](Cc1ccccc1)NC(=O)[C@H](CC(=O)O)NC(=O)[C@H](CC(C)C)NC(=O)c1ccc(NS(=O)(=O)Cc2ccccc2)cc1. The Morgan fingerprint density at radius 2 is 1.30 bits per heavy atom. The first kappa shape index (κ1) is 42.1. The standard InChI is InChI=1S/C38H49N5O9S/c1-4-20-52-21-19-39-36(47)32(23-27-11-7-5-8-12-27)41-38(49)33(24-34(44)45)42-37(48)31(22-26(2)3)40-35(46)29-15-17-30(18-16-29)43-53(50,51)25-28-13-9-6-10-14-28/h5-18,26,31-33,43H,4,19-25H2,1-3H3,(H,39,47)(H,40,46)(H,41,49)(H,42,48)(H,44,45)/t31-,32-,33-/m0/s1. The average molecular weight is 752 g/mol. The van der Waals surface area contributed by atoms with E-state index in [2.05, 4.69) is 26.0 Å². The summed E-state index contributed by atoms with van der Waals surface area (Å²) in [5.41, 5.74) is 1.72. The van der Waals surface area contributed by atoms with Crippen LogP contribution >= 0.6 is 0 Å². The predicted molar refractivity (Wildman–Crippen MR) is 200 cm³/mol. The van der Waals surface area contributed by atoms with Crippen molar-refractivity contribution in [1.82, 2.24) is 21.3 Å². The average Bonchev–Trinajstić information content (AvgIpc) is 3.11. The first-order valence-corrected chi connectivity index (χ1v) is 19.1. The van der Waals surface area contributed by atoms with E-state index in [1.54, 1.807) is 60.7 Å². The molecule has 286 valence electrons. The maximum Gasteiger partial charge on any atom is 0.305 e. The van der Waals surface area contributed by atoms with E-state index in [4.69, 9.17) is 4.74 Å². The van der Waals surface area contributed by atoms with Gasteiger partial charge in [-0.2, -0.15) is 0 Å². The van der Waals surface area contributed by atoms with Crippen molar-refractivity contribution in [2.45, 2.75) is 70.3 Å². The quantitative estimate of drug-likeness (QED) is 0.0833. The van der Waals surface area contributed by atoms with Crippen LogP contribution in [0.15, 0.2) is 84.9 Å². The molecule has 4 amide bonds. The summed E-state index contributed by atoms with van der Waals surface area (Å²) in [6.07, 6.45) is 0.275. The van der Waals surface area contributed by atoms with Gasteiger partial charge in [0.25, 0.3) is 5.91 Å². The van der Waals surface area contributed by atoms with E-state index in [-0.39, 0.29) is 48.9 Å². The summed E-state index contributed by atoms with van der Waals surface area (Å²) in [6.45, 7) is 6.59. The van der Waals surface area contributed by atoms with Gasteiger partial charge in [0.1, 0.15) is 18.1 Å². The number of ether oxygens (including phenoxy) is 1. The third-order valence-electron chi connectivity index (χ3n) is 7.77. The molecular formula is C38H49N5O9S. The van der Waals surface area contributed by atoms with Crippen LogP contribution in [0, 0.1) is 5.92 Å². The Hall–Kier alpha value is -5.28. The van der Waals surface area contributed by atoms with Crippen molar-refractivity contribution in [1.29, 1.82) is 0 Å². The van der Waals surface area contributed by atoms with Gasteiger partial charge in [-0.1, -0.05) is 81.4 Å². The van der Waals surface area contributed by atoms with Crippen molar-refractivity contribution in [3.63, 3.8) is 0 Å². The van der Waals surface area contributed by atoms with Crippen molar-refractivity contribution in [2.24, 2.45) is 5.92 Å². The van der Waals surface area contributed by atoms with Crippen LogP contribution in [-0.2, 0) is 46.1 Å². The summed E-state index contributed by atoms with van der Waals surface area (Å²) in [7, 11) is -3.73. The molecule has 3 aromatic rings. The van der Waals surface area contributed by atoms with E-state index in [9.17, 15) is 37.5 Å². The fourth-order valence-corrected chi connectivity index (χ4v) is 6.45. The maximum atomic E-state index is 13.6. The van der Waals surface area contributed by atoms with Crippen LogP contribution in [0.1, 0.15) is 61.5 Å². The molecule has 53 heavy (non-hydrogen) atoms. The molecule has 0 aromatic heterocycles. The van der Waals surface area contributed by atoms with Crippen molar-refractivity contribution < 1.29 is 42.2 Å². The van der Waals surface area contributed by atoms with Crippen molar-refractivity contribution >= 4 is 45.3 Å². The monoisotopic (exact) mass is 751 g/mol. The summed E-state index contributed by atoms with van der Waals surface area (Å²) in [6, 6.07) is 19.4. The van der Waals surface area contributed by atoms with Crippen LogP contribution < -0.4 is 26.0 Å². The number of rotatable bonds is 22. The predicted octanol–water partition coefficient (Wildman–Crippen LogP) is 3.00. The molecule has 0 unspecified atom stereocenters. The maximum absolute atomic E-state index is 13.6. The van der Waals surface area contributed by atoms with Gasteiger partial charge in [0.2, 0.25) is 27.7 Å². The number of nitrogens with one attached hydrogen (secondary N) is 5. The molecule has 6 N–H and O–H groups in total. The number of carbonyl (C=O) groups excluding carboxylic acids is 4. The van der Waals surface area contributed by atoms with Crippen LogP contribution in [-0.4, -0.2) is 81.0 Å². The highest BCUT2D eigenvalue weighted by molar-refractivity contribution is 7.91. The highest BCUT2D eigenvalue weighted by Gasteiger charge is 2.31. The lowest BCUT2D eigenvalue weighted by atomic mass is 10.0. The van der Waals surface area contributed by atoms with Crippen LogP contribution in [0.25, 0.3) is 0 Å². The second kappa shape index (κ2) is 21.3. The molecule has 0 aliphatic rings. The molecule has 0 heterocycles. The molecule has 0 aliphatic heterocycles. The van der Waals surface area contributed by atoms with E-state index in [0.717, 1.165) is 12.0 Å². The Morgan fingerprint density at radius 3 is 1.89 bits per heavy atom. The Morgan fingerprint density at radius 1 is 0.717 bits per heavy atom. The minimum Gasteiger partial charge on any atom is -0.481 e. The number of carboxylic acids is 1. The van der Waals surface area contributed by atoms with Gasteiger partial charge in [-0.05, 0) is 54.2 Å². The van der Waals surface area contributed by atoms with Crippen molar-refractivity contribution in [2.75, 3.05) is 24.5 Å². The van der Waals surface area contributed by atoms with Gasteiger partial charge in [0.15, 0.2) is 0 Å². The van der Waals surface area contributed by atoms with Crippen molar-refractivity contribution in [3.8, 4) is 0 Å². The molecule has 0 radical (unpaired) electrons. The Kier molecular flexibility index (Phi) is 16.9. The number of hydrogen-bond acceptors (Lipinski definition) is 8. The number of carboxylic acid groups (broad SMARTS) is 1. The van der Waals surface area contributed by atoms with Crippen molar-refractivity contribution in [3.05, 3.63) is 102 Å². The second-order valence-corrected chi connectivity index (χ2v) is 14.6. The zero-order chi connectivity index (χ0) is 38.8. The smallest absolute Gasteiger partial charge is 0.305 e. The van der Waals surface area contributed by atoms with Crippen LogP contribution in [0.3, 0.4) is 0 Å². The largest absolute Gasteiger partial charge is 0.481 e. The van der Waals surface area contributed by atoms with E-state index < -0.39 is 64.2 Å². The van der Waals surface area contributed by atoms with Gasteiger partial charge in [0, 0.05) is 30.8 Å². The third-order valence-corrected chi connectivity index (χ3v) is 9.03. The Bertz CT molecular complexity index is 1760. The molecule has 3 rings (SSSR count). The normalized spacial score (nSPS) is 12.9. The lowest BCUT2D eigenvalue weighted by molar-refractivity contribution is -0.141. The first-order chi connectivity index (χ1) is 25.3. The number of sulfonamides is 1. The second-order valence-electron chi connectivity index (χ2n) is 12.9. The molecule has 0 saturated heterocycles. The zero-order valence-electron chi connectivity index (χ0n) is 30.2. The van der Waals surface area contributed by atoms with Gasteiger partial charge >= 0.3 is 5.97 Å². The van der Waals surface area contributed by atoms with Gasteiger partial charge in [-0.15, -0.1) is 0 Å². The highest BCUT2D eigenvalue weighted by atomic mass is 32.2. The highest BCUT2D eigenvalue weighted by Crippen LogP contribution is 2.15. The number of aliphatic carboxylic acids is 1. The fraction of sp³-hybridized carbons (Fsp3) is 0.395.